The first kappa shape index (κ1) is 12.4. The van der Waals surface area contributed by atoms with Crippen LogP contribution in [0.15, 0.2) is 18.2 Å². The Labute approximate surface area is 115 Å². The van der Waals surface area contributed by atoms with Gasteiger partial charge >= 0.3 is 0 Å². The van der Waals surface area contributed by atoms with Crippen LogP contribution < -0.4 is 4.90 Å². The van der Waals surface area contributed by atoms with Crippen LogP contribution in [0, 0.1) is 14.9 Å². The first-order chi connectivity index (χ1) is 8.00. The van der Waals surface area contributed by atoms with Crippen LogP contribution in [0.2, 0.25) is 0 Å². The maximum atomic E-state index is 12.3. The number of amides is 1. The molecule has 0 saturated heterocycles. The summed E-state index contributed by atoms with van der Waals surface area (Å²) in [4.78, 5) is 14.0. The van der Waals surface area contributed by atoms with Crippen LogP contribution in [-0.2, 0) is 10.2 Å². The largest absolute Gasteiger partial charge is 0.314 e. The Kier molecular flexibility index (Phi) is 3.13. The third-order valence-electron chi connectivity index (χ3n) is 3.43. The zero-order valence-electron chi connectivity index (χ0n) is 9.83. The van der Waals surface area contributed by atoms with Crippen LogP contribution in [0.4, 0.5) is 5.69 Å². The van der Waals surface area contributed by atoms with Gasteiger partial charge in [-0.15, -0.1) is 0 Å². The van der Waals surface area contributed by atoms with Gasteiger partial charge in [0.2, 0.25) is 5.91 Å². The van der Waals surface area contributed by atoms with Gasteiger partial charge < -0.3 is 4.90 Å². The minimum absolute atomic E-state index is 0.0877. The van der Waals surface area contributed by atoms with Crippen molar-refractivity contribution in [2.75, 3.05) is 11.9 Å². The van der Waals surface area contributed by atoms with Crippen molar-refractivity contribution in [2.24, 2.45) is 0 Å². The average Bonchev–Trinajstić information content (AvgIpc) is 2.50. The van der Waals surface area contributed by atoms with Crippen LogP contribution in [0.3, 0.4) is 0 Å². The second-order valence-electron chi connectivity index (χ2n) is 4.52. The Morgan fingerprint density at radius 1 is 1.53 bits per heavy atom. The van der Waals surface area contributed by atoms with Gasteiger partial charge in [-0.3, -0.25) is 4.79 Å². The zero-order valence-corrected chi connectivity index (χ0v) is 12.0. The Bertz CT molecular complexity index is 521. The van der Waals surface area contributed by atoms with E-state index >= 15 is 0 Å². The Hall–Kier alpha value is -1.09. The smallest absolute Gasteiger partial charge is 0.237 e. The van der Waals surface area contributed by atoms with Gasteiger partial charge in [0.1, 0.15) is 0 Å². The predicted octanol–water partition coefficient (Wildman–Crippen LogP) is 2.83. The quantitative estimate of drug-likeness (QED) is 0.777. The molecule has 1 heterocycles. The highest BCUT2D eigenvalue weighted by Gasteiger charge is 2.45. The molecule has 0 saturated carbocycles. The molecule has 0 bridgehead atoms. The lowest BCUT2D eigenvalue weighted by molar-refractivity contribution is -0.122. The highest BCUT2D eigenvalue weighted by Crippen LogP contribution is 2.44. The summed E-state index contributed by atoms with van der Waals surface area (Å²) < 4.78 is 1.12. The van der Waals surface area contributed by atoms with Crippen molar-refractivity contribution >= 4 is 34.2 Å². The minimum Gasteiger partial charge on any atom is -0.314 e. The van der Waals surface area contributed by atoms with Gasteiger partial charge in [0, 0.05) is 22.7 Å². The third-order valence-corrected chi connectivity index (χ3v) is 4.10. The van der Waals surface area contributed by atoms with E-state index in [2.05, 4.69) is 34.7 Å². The summed E-state index contributed by atoms with van der Waals surface area (Å²) in [5, 5.41) is 8.72. The number of nitrogens with zero attached hydrogens (tertiary/aromatic N) is 2. The van der Waals surface area contributed by atoms with Gasteiger partial charge in [0.15, 0.2) is 0 Å². The van der Waals surface area contributed by atoms with Crippen molar-refractivity contribution in [3.8, 4) is 6.07 Å². The summed E-state index contributed by atoms with van der Waals surface area (Å²) in [7, 11) is 1.80. The monoisotopic (exact) mass is 340 g/mol. The number of hydrogen-bond acceptors (Lipinski definition) is 2. The standard InChI is InChI=1S/C13H13IN2O/c1-13(6-3-7-15)10-8-9(14)4-5-11(10)16(2)12(13)17/h4-5,8H,3,6H2,1-2H3/t13-/m0/s1. The highest BCUT2D eigenvalue weighted by atomic mass is 127. The number of nitriles is 1. The van der Waals surface area contributed by atoms with E-state index in [1.807, 2.05) is 19.1 Å². The number of anilines is 1. The van der Waals surface area contributed by atoms with E-state index in [0.717, 1.165) is 14.8 Å². The van der Waals surface area contributed by atoms with Gasteiger partial charge in [0.25, 0.3) is 0 Å². The first-order valence-corrected chi connectivity index (χ1v) is 6.54. The molecule has 0 N–H and O–H groups in total. The summed E-state index contributed by atoms with van der Waals surface area (Å²) in [6, 6.07) is 8.16. The lowest BCUT2D eigenvalue weighted by Gasteiger charge is -2.21. The maximum absolute atomic E-state index is 12.3. The zero-order chi connectivity index (χ0) is 12.6. The van der Waals surface area contributed by atoms with Crippen LogP contribution in [-0.4, -0.2) is 13.0 Å². The number of likely N-dealkylation sites (N-methyl/N-ethyl adjacent to an activating group) is 1. The Balaban J connectivity index is 2.53. The second-order valence-corrected chi connectivity index (χ2v) is 5.76. The summed E-state index contributed by atoms with van der Waals surface area (Å²) in [5.41, 5.74) is 1.48. The van der Waals surface area contributed by atoms with Crippen molar-refractivity contribution in [1.29, 1.82) is 5.26 Å². The lowest BCUT2D eigenvalue weighted by atomic mass is 9.80. The number of rotatable bonds is 2. The van der Waals surface area contributed by atoms with Crippen molar-refractivity contribution in [1.82, 2.24) is 0 Å². The highest BCUT2D eigenvalue weighted by molar-refractivity contribution is 14.1. The number of fused-ring (bicyclic) bond motifs is 1. The molecule has 2 rings (SSSR count). The molecule has 1 aromatic rings. The van der Waals surface area contributed by atoms with Crippen molar-refractivity contribution in [3.05, 3.63) is 27.3 Å². The van der Waals surface area contributed by atoms with Crippen LogP contribution in [0.5, 0.6) is 0 Å². The van der Waals surface area contributed by atoms with E-state index in [1.165, 1.54) is 0 Å². The molecule has 17 heavy (non-hydrogen) atoms. The van der Waals surface area contributed by atoms with Gasteiger partial charge in [-0.2, -0.15) is 5.26 Å². The lowest BCUT2D eigenvalue weighted by Crippen LogP contribution is -2.36. The van der Waals surface area contributed by atoms with E-state index in [1.54, 1.807) is 11.9 Å². The number of benzene rings is 1. The van der Waals surface area contributed by atoms with Crippen LogP contribution >= 0.6 is 22.6 Å². The number of carbonyl (C=O) groups excluding carboxylic acids is 1. The molecule has 4 heteroatoms. The van der Waals surface area contributed by atoms with Crippen molar-refractivity contribution in [2.45, 2.75) is 25.2 Å². The van der Waals surface area contributed by atoms with E-state index < -0.39 is 5.41 Å². The SMILES string of the molecule is CN1C(=O)[C@@](C)(CCC#N)c2cc(I)ccc21. The molecule has 0 aromatic heterocycles. The van der Waals surface area contributed by atoms with Gasteiger partial charge in [-0.05, 0) is 59.7 Å². The van der Waals surface area contributed by atoms with Crippen LogP contribution in [0.25, 0.3) is 0 Å². The van der Waals surface area contributed by atoms with Gasteiger partial charge in [0.05, 0.1) is 11.5 Å². The molecule has 0 unspecified atom stereocenters. The molecule has 0 aliphatic carbocycles. The van der Waals surface area contributed by atoms with Crippen LogP contribution in [0.1, 0.15) is 25.3 Å². The van der Waals surface area contributed by atoms with Crippen molar-refractivity contribution < 1.29 is 4.79 Å². The van der Waals surface area contributed by atoms with E-state index in [-0.39, 0.29) is 5.91 Å². The molecular formula is C13H13IN2O. The number of hydrogen-bond donors (Lipinski definition) is 0. The van der Waals surface area contributed by atoms with Crippen molar-refractivity contribution in [3.63, 3.8) is 0 Å². The average molecular weight is 340 g/mol. The minimum atomic E-state index is -0.541. The third kappa shape index (κ3) is 1.82. The number of halogens is 1. The predicted molar refractivity (Wildman–Crippen MR) is 74.8 cm³/mol. The Morgan fingerprint density at radius 3 is 2.88 bits per heavy atom. The molecule has 1 aliphatic heterocycles. The molecule has 1 atom stereocenters. The number of carbonyl (C=O) groups is 1. The topological polar surface area (TPSA) is 44.1 Å². The summed E-state index contributed by atoms with van der Waals surface area (Å²) in [5.74, 6) is 0.0877. The van der Waals surface area contributed by atoms with Gasteiger partial charge in [-0.1, -0.05) is 0 Å². The van der Waals surface area contributed by atoms with Gasteiger partial charge in [-0.25, -0.2) is 0 Å². The normalized spacial score (nSPS) is 22.5. The summed E-state index contributed by atoms with van der Waals surface area (Å²) >= 11 is 2.25. The van der Waals surface area contributed by atoms with E-state index in [0.29, 0.717) is 12.8 Å². The molecule has 1 aliphatic rings. The molecule has 88 valence electrons. The fourth-order valence-corrected chi connectivity index (χ4v) is 2.88. The fourth-order valence-electron chi connectivity index (χ4n) is 2.38. The van der Waals surface area contributed by atoms with E-state index in [4.69, 9.17) is 5.26 Å². The molecule has 1 aromatic carbocycles. The maximum Gasteiger partial charge on any atom is 0.237 e. The Morgan fingerprint density at radius 2 is 2.24 bits per heavy atom. The second kappa shape index (κ2) is 4.30. The molecule has 0 fully saturated rings. The summed E-state index contributed by atoms with van der Waals surface area (Å²) in [6.45, 7) is 1.94. The fraction of sp³-hybridized carbons (Fsp3) is 0.385. The molecule has 0 radical (unpaired) electrons. The van der Waals surface area contributed by atoms with E-state index in [9.17, 15) is 4.79 Å². The molecular weight excluding hydrogens is 327 g/mol. The molecule has 3 nitrogen and oxygen atoms in total. The molecule has 0 spiro atoms. The molecule has 1 amide bonds. The summed E-state index contributed by atoms with van der Waals surface area (Å²) in [6.07, 6.45) is 0.987. The first-order valence-electron chi connectivity index (χ1n) is 5.46.